The van der Waals surface area contributed by atoms with Crippen LogP contribution >= 0.6 is 11.3 Å². The van der Waals surface area contributed by atoms with Gasteiger partial charge in [0.05, 0.1) is 0 Å². The van der Waals surface area contributed by atoms with Gasteiger partial charge in [-0.1, -0.05) is 30.3 Å². The molecule has 0 atom stereocenters. The highest BCUT2D eigenvalue weighted by Gasteiger charge is 2.16. The van der Waals surface area contributed by atoms with Crippen LogP contribution in [0.3, 0.4) is 0 Å². The van der Waals surface area contributed by atoms with Crippen molar-refractivity contribution in [3.05, 3.63) is 41.5 Å². The number of tetrazole rings is 1. The average molecular weight is 272 g/mol. The minimum Gasteiger partial charge on any atom is -0.363 e. The summed E-state index contributed by atoms with van der Waals surface area (Å²) in [6.07, 6.45) is 0. The van der Waals surface area contributed by atoms with Crippen molar-refractivity contribution >= 4 is 17.2 Å². The minimum absolute atomic E-state index is 0.0371. The van der Waals surface area contributed by atoms with E-state index in [0.29, 0.717) is 5.82 Å². The van der Waals surface area contributed by atoms with Crippen LogP contribution in [0.4, 0.5) is 0 Å². The molecule has 19 heavy (non-hydrogen) atoms. The van der Waals surface area contributed by atoms with E-state index in [4.69, 9.17) is 5.73 Å². The fourth-order valence-corrected chi connectivity index (χ4v) is 2.36. The van der Waals surface area contributed by atoms with Crippen LogP contribution in [0.1, 0.15) is 10.6 Å². The molecule has 2 N–H and O–H groups in total. The number of hydrogen-bond acceptors (Lipinski definition) is 6. The standard InChI is InChI=1S/C11H8N6OS/c12-9(18)10-14-15-16-17(10)8-6-19-11(13-8)7-4-2-1-3-5-7/h1-6H,(H2,12,18). The van der Waals surface area contributed by atoms with Gasteiger partial charge in [0.2, 0.25) is 5.82 Å². The lowest BCUT2D eigenvalue weighted by Gasteiger charge is -1.96. The zero-order chi connectivity index (χ0) is 13.2. The fraction of sp³-hybridized carbons (Fsp3) is 0. The van der Waals surface area contributed by atoms with Crippen molar-refractivity contribution in [2.45, 2.75) is 0 Å². The second kappa shape index (κ2) is 4.58. The van der Waals surface area contributed by atoms with E-state index in [0.717, 1.165) is 10.6 Å². The first-order valence-corrected chi connectivity index (χ1v) is 6.23. The maximum absolute atomic E-state index is 11.2. The summed E-state index contributed by atoms with van der Waals surface area (Å²) in [4.78, 5) is 15.6. The van der Waals surface area contributed by atoms with Crippen molar-refractivity contribution in [3.8, 4) is 16.4 Å². The Labute approximate surface area is 111 Å². The highest BCUT2D eigenvalue weighted by Crippen LogP contribution is 2.24. The molecule has 8 heteroatoms. The van der Waals surface area contributed by atoms with Crippen molar-refractivity contribution in [3.63, 3.8) is 0 Å². The van der Waals surface area contributed by atoms with Gasteiger partial charge < -0.3 is 5.73 Å². The van der Waals surface area contributed by atoms with Gasteiger partial charge in [0.1, 0.15) is 5.01 Å². The molecule has 1 amide bonds. The van der Waals surface area contributed by atoms with Crippen LogP contribution in [0, 0.1) is 0 Å². The van der Waals surface area contributed by atoms with Gasteiger partial charge >= 0.3 is 0 Å². The molecular formula is C11H8N6OS. The summed E-state index contributed by atoms with van der Waals surface area (Å²) in [5.41, 5.74) is 6.18. The van der Waals surface area contributed by atoms with E-state index in [1.807, 2.05) is 30.3 Å². The lowest BCUT2D eigenvalue weighted by Crippen LogP contribution is -2.18. The molecular weight excluding hydrogens is 264 g/mol. The smallest absolute Gasteiger partial charge is 0.288 e. The number of rotatable bonds is 3. The number of thiazole rings is 1. The predicted molar refractivity (Wildman–Crippen MR) is 68.8 cm³/mol. The molecule has 0 aliphatic carbocycles. The van der Waals surface area contributed by atoms with Crippen molar-refractivity contribution in [2.24, 2.45) is 5.73 Å². The van der Waals surface area contributed by atoms with Gasteiger partial charge in [-0.25, -0.2) is 4.98 Å². The van der Waals surface area contributed by atoms with Crippen LogP contribution < -0.4 is 5.73 Å². The maximum atomic E-state index is 11.2. The lowest BCUT2D eigenvalue weighted by atomic mass is 10.2. The monoisotopic (exact) mass is 272 g/mol. The number of primary amides is 1. The first kappa shape index (κ1) is 11.5. The Morgan fingerprint density at radius 2 is 2.05 bits per heavy atom. The molecule has 0 radical (unpaired) electrons. The Balaban J connectivity index is 2.02. The van der Waals surface area contributed by atoms with Crippen LogP contribution in [0.5, 0.6) is 0 Å². The largest absolute Gasteiger partial charge is 0.363 e. The molecule has 2 aromatic heterocycles. The predicted octanol–water partition coefficient (Wildman–Crippen LogP) is 0.885. The van der Waals surface area contributed by atoms with Crippen molar-refractivity contribution in [1.82, 2.24) is 25.2 Å². The van der Waals surface area contributed by atoms with Crippen LogP contribution in [0.25, 0.3) is 16.4 Å². The van der Waals surface area contributed by atoms with Gasteiger partial charge in [-0.05, 0) is 10.4 Å². The van der Waals surface area contributed by atoms with E-state index < -0.39 is 5.91 Å². The first-order valence-electron chi connectivity index (χ1n) is 5.35. The van der Waals surface area contributed by atoms with Crippen molar-refractivity contribution in [1.29, 1.82) is 0 Å². The van der Waals surface area contributed by atoms with Crippen molar-refractivity contribution < 1.29 is 4.79 Å². The third-order valence-corrected chi connectivity index (χ3v) is 3.30. The first-order chi connectivity index (χ1) is 9.25. The summed E-state index contributed by atoms with van der Waals surface area (Å²) in [5, 5.41) is 13.3. The lowest BCUT2D eigenvalue weighted by molar-refractivity contribution is 0.0987. The molecule has 7 nitrogen and oxygen atoms in total. The van der Waals surface area contributed by atoms with E-state index in [9.17, 15) is 4.79 Å². The number of carbonyl (C=O) groups excluding carboxylic acids is 1. The van der Waals surface area contributed by atoms with E-state index in [2.05, 4.69) is 20.5 Å². The Kier molecular flexibility index (Phi) is 2.76. The molecule has 94 valence electrons. The molecule has 1 aromatic carbocycles. The zero-order valence-electron chi connectivity index (χ0n) is 9.59. The SMILES string of the molecule is NC(=O)c1nnnn1-c1csc(-c2ccccc2)n1. The number of hydrogen-bond donors (Lipinski definition) is 1. The average Bonchev–Trinajstić information content (AvgIpc) is 3.08. The van der Waals surface area contributed by atoms with Gasteiger partial charge in [0.15, 0.2) is 5.82 Å². The summed E-state index contributed by atoms with van der Waals surface area (Å²) in [6, 6.07) is 9.71. The van der Waals surface area contributed by atoms with E-state index >= 15 is 0 Å². The second-order valence-electron chi connectivity index (χ2n) is 3.66. The molecule has 0 saturated carbocycles. The van der Waals surface area contributed by atoms with E-state index in [1.165, 1.54) is 16.0 Å². The summed E-state index contributed by atoms with van der Waals surface area (Å²) in [6.45, 7) is 0. The number of nitrogens with zero attached hydrogens (tertiary/aromatic N) is 5. The minimum atomic E-state index is -0.695. The Morgan fingerprint density at radius 3 is 2.79 bits per heavy atom. The highest BCUT2D eigenvalue weighted by molar-refractivity contribution is 7.13. The molecule has 0 aliphatic heterocycles. The highest BCUT2D eigenvalue weighted by atomic mass is 32.1. The fourth-order valence-electron chi connectivity index (χ4n) is 1.57. The number of carbonyl (C=O) groups is 1. The molecule has 0 fully saturated rings. The van der Waals surface area contributed by atoms with Gasteiger partial charge in [-0.3, -0.25) is 4.79 Å². The van der Waals surface area contributed by atoms with Gasteiger partial charge in [0, 0.05) is 10.9 Å². The van der Waals surface area contributed by atoms with Crippen LogP contribution in [0.2, 0.25) is 0 Å². The van der Waals surface area contributed by atoms with Gasteiger partial charge in [-0.2, -0.15) is 4.68 Å². The molecule has 3 aromatic rings. The Hall–Kier alpha value is -2.61. The third-order valence-electron chi connectivity index (χ3n) is 2.42. The molecule has 0 spiro atoms. The number of aromatic nitrogens is 5. The van der Waals surface area contributed by atoms with E-state index in [1.54, 1.807) is 5.38 Å². The summed E-state index contributed by atoms with van der Waals surface area (Å²) in [5.74, 6) is -0.258. The molecule has 0 aliphatic rings. The molecule has 0 saturated heterocycles. The van der Waals surface area contributed by atoms with Crippen LogP contribution in [-0.2, 0) is 0 Å². The molecule has 0 bridgehead atoms. The molecule has 2 heterocycles. The normalized spacial score (nSPS) is 10.5. The zero-order valence-corrected chi connectivity index (χ0v) is 10.4. The van der Waals surface area contributed by atoms with Crippen LogP contribution in [0.15, 0.2) is 35.7 Å². The third kappa shape index (κ3) is 2.08. The number of amides is 1. The summed E-state index contributed by atoms with van der Waals surface area (Å²) >= 11 is 1.44. The quantitative estimate of drug-likeness (QED) is 0.763. The van der Waals surface area contributed by atoms with Gasteiger partial charge in [-0.15, -0.1) is 16.4 Å². The second-order valence-corrected chi connectivity index (χ2v) is 4.51. The number of benzene rings is 1. The number of nitrogens with two attached hydrogens (primary N) is 1. The molecule has 0 unspecified atom stereocenters. The summed E-state index contributed by atoms with van der Waals surface area (Å²) < 4.78 is 1.23. The topological polar surface area (TPSA) is 99.6 Å². The van der Waals surface area contributed by atoms with Crippen molar-refractivity contribution in [2.75, 3.05) is 0 Å². The Bertz CT molecular complexity index is 720. The Morgan fingerprint density at radius 1 is 1.26 bits per heavy atom. The maximum Gasteiger partial charge on any atom is 0.288 e. The summed E-state index contributed by atoms with van der Waals surface area (Å²) in [7, 11) is 0. The molecule has 3 rings (SSSR count). The van der Waals surface area contributed by atoms with Crippen LogP contribution in [-0.4, -0.2) is 31.1 Å². The van der Waals surface area contributed by atoms with Gasteiger partial charge in [0.25, 0.3) is 5.91 Å². The van der Waals surface area contributed by atoms with E-state index in [-0.39, 0.29) is 5.82 Å².